The van der Waals surface area contributed by atoms with Crippen LogP contribution in [0.1, 0.15) is 57.6 Å². The highest BCUT2D eigenvalue weighted by Crippen LogP contribution is 2.38. The van der Waals surface area contributed by atoms with E-state index in [0.29, 0.717) is 6.42 Å². The van der Waals surface area contributed by atoms with Gasteiger partial charge in [0, 0.05) is 13.1 Å². The molecule has 0 amide bonds. The molecular weight excluding hydrogens is 443 g/mol. The first kappa shape index (κ1) is 27.9. The van der Waals surface area contributed by atoms with Gasteiger partial charge in [-0.3, -0.25) is 4.90 Å². The zero-order valence-electron chi connectivity index (χ0n) is 20.3. The van der Waals surface area contributed by atoms with Crippen molar-refractivity contribution in [1.82, 2.24) is 4.90 Å². The lowest BCUT2D eigenvalue weighted by Crippen LogP contribution is -2.53. The van der Waals surface area contributed by atoms with E-state index < -0.39 is 24.2 Å². The van der Waals surface area contributed by atoms with E-state index in [9.17, 15) is 23.1 Å². The van der Waals surface area contributed by atoms with Crippen LogP contribution in [0, 0.1) is 5.41 Å². The molecular formula is C27H36F3NO3. The van der Waals surface area contributed by atoms with E-state index >= 15 is 0 Å². The number of carbonyl (C=O) groups excluding carboxylic acids is 1. The second-order valence-electron chi connectivity index (χ2n) is 9.53. The van der Waals surface area contributed by atoms with Crippen molar-refractivity contribution in [3.05, 3.63) is 71.8 Å². The van der Waals surface area contributed by atoms with Crippen LogP contribution in [0.25, 0.3) is 0 Å². The van der Waals surface area contributed by atoms with Crippen molar-refractivity contribution >= 4 is 5.97 Å². The van der Waals surface area contributed by atoms with Gasteiger partial charge in [0.15, 0.2) is 0 Å². The molecule has 2 aromatic carbocycles. The summed E-state index contributed by atoms with van der Waals surface area (Å²) in [4.78, 5) is 14.2. The number of benzene rings is 2. The number of hydrogen-bond acceptors (Lipinski definition) is 4. The van der Waals surface area contributed by atoms with Gasteiger partial charge in [0.25, 0.3) is 5.60 Å². The molecule has 0 aliphatic carbocycles. The third-order valence-electron chi connectivity index (χ3n) is 6.08. The highest BCUT2D eigenvalue weighted by molar-refractivity contribution is 5.80. The average Bonchev–Trinajstić information content (AvgIpc) is 2.78. The number of alkyl halides is 3. The molecule has 1 atom stereocenters. The molecule has 0 aliphatic rings. The molecule has 0 saturated carbocycles. The minimum atomic E-state index is -5.08. The summed E-state index contributed by atoms with van der Waals surface area (Å²) in [5.74, 6) is -1.63. The third kappa shape index (κ3) is 8.44. The van der Waals surface area contributed by atoms with E-state index in [1.54, 1.807) is 0 Å². The smallest absolute Gasteiger partial charge is 0.428 e. The van der Waals surface area contributed by atoms with Crippen molar-refractivity contribution in [2.75, 3.05) is 13.2 Å². The van der Waals surface area contributed by atoms with Crippen molar-refractivity contribution in [2.24, 2.45) is 5.41 Å². The number of aliphatic hydroxyl groups is 1. The van der Waals surface area contributed by atoms with Gasteiger partial charge in [0.2, 0.25) is 0 Å². The van der Waals surface area contributed by atoms with E-state index in [-0.39, 0.29) is 18.4 Å². The van der Waals surface area contributed by atoms with Gasteiger partial charge in [0.05, 0.1) is 6.61 Å². The average molecular weight is 480 g/mol. The maximum Gasteiger partial charge on any atom is 0.428 e. The van der Waals surface area contributed by atoms with Crippen molar-refractivity contribution in [3.8, 4) is 0 Å². The zero-order chi connectivity index (χ0) is 25.2. The first-order valence-electron chi connectivity index (χ1n) is 11.7. The Labute approximate surface area is 200 Å². The largest absolute Gasteiger partial charge is 0.464 e. The molecule has 0 bridgehead atoms. The van der Waals surface area contributed by atoms with Crippen LogP contribution >= 0.6 is 0 Å². The van der Waals surface area contributed by atoms with E-state index in [2.05, 4.69) is 33.9 Å². The van der Waals surface area contributed by atoms with E-state index in [0.717, 1.165) is 26.1 Å². The highest BCUT2D eigenvalue weighted by Gasteiger charge is 2.60. The molecule has 0 aliphatic heterocycles. The van der Waals surface area contributed by atoms with Gasteiger partial charge in [0.1, 0.15) is 0 Å². The fourth-order valence-corrected chi connectivity index (χ4v) is 3.92. The summed E-state index contributed by atoms with van der Waals surface area (Å²) in [6, 6.07) is 20.3. The van der Waals surface area contributed by atoms with Crippen LogP contribution in [-0.2, 0) is 22.6 Å². The molecule has 34 heavy (non-hydrogen) atoms. The lowest BCUT2D eigenvalue weighted by Gasteiger charge is -2.32. The third-order valence-corrected chi connectivity index (χ3v) is 6.08. The molecule has 0 heterocycles. The lowest BCUT2D eigenvalue weighted by molar-refractivity contribution is -0.265. The van der Waals surface area contributed by atoms with Crippen LogP contribution in [0.15, 0.2) is 60.7 Å². The Bertz CT molecular complexity index is 830. The Kier molecular flexibility index (Phi) is 10.1. The van der Waals surface area contributed by atoms with Gasteiger partial charge in [-0.25, -0.2) is 4.79 Å². The Morgan fingerprint density at radius 3 is 1.82 bits per heavy atom. The van der Waals surface area contributed by atoms with Gasteiger partial charge in [-0.05, 0) is 55.7 Å². The fraction of sp³-hybridized carbons (Fsp3) is 0.519. The molecule has 0 aromatic heterocycles. The van der Waals surface area contributed by atoms with Gasteiger partial charge in [-0.15, -0.1) is 0 Å². The molecule has 7 heteroatoms. The molecule has 0 spiro atoms. The number of nitrogens with zero attached hydrogens (tertiary/aromatic N) is 1. The predicted octanol–water partition coefficient (Wildman–Crippen LogP) is 6.13. The van der Waals surface area contributed by atoms with E-state index in [1.807, 2.05) is 50.2 Å². The van der Waals surface area contributed by atoms with Crippen LogP contribution in [0.3, 0.4) is 0 Å². The van der Waals surface area contributed by atoms with Gasteiger partial charge in [-0.2, -0.15) is 13.2 Å². The van der Waals surface area contributed by atoms with Crippen molar-refractivity contribution in [3.63, 3.8) is 0 Å². The number of hydrogen-bond donors (Lipinski definition) is 1. The number of esters is 1. The molecule has 2 aromatic rings. The summed E-state index contributed by atoms with van der Waals surface area (Å²) in [6.07, 6.45) is -4.53. The first-order chi connectivity index (χ1) is 16.0. The summed E-state index contributed by atoms with van der Waals surface area (Å²) in [5.41, 5.74) is -1.35. The predicted molar refractivity (Wildman–Crippen MR) is 127 cm³/mol. The van der Waals surface area contributed by atoms with Gasteiger partial charge < -0.3 is 9.84 Å². The molecule has 0 radical (unpaired) electrons. The number of carbonyl (C=O) groups is 1. The molecule has 188 valence electrons. The maximum absolute atomic E-state index is 13.4. The number of rotatable bonds is 13. The topological polar surface area (TPSA) is 49.8 Å². The van der Waals surface area contributed by atoms with Crippen LogP contribution < -0.4 is 0 Å². The Balaban J connectivity index is 1.99. The monoisotopic (exact) mass is 479 g/mol. The Hall–Kier alpha value is -2.38. The molecule has 0 saturated heterocycles. The molecule has 4 nitrogen and oxygen atoms in total. The summed E-state index contributed by atoms with van der Waals surface area (Å²) in [5, 5.41) is 10.1. The fourth-order valence-electron chi connectivity index (χ4n) is 3.92. The molecule has 1 N–H and O–H groups in total. The summed E-state index contributed by atoms with van der Waals surface area (Å²) in [7, 11) is 0. The standard InChI is InChI=1S/C27H36F3NO3/c1-4-34-24(32)26(33,27(28,29)30)17-11-16-25(2,3)18-19-31(20-22-12-7-5-8-13-22)21-23-14-9-6-10-15-23/h5-10,12-15,33H,4,11,16-21H2,1-3H3. The van der Waals surface area contributed by atoms with Gasteiger partial charge >= 0.3 is 12.1 Å². The first-order valence-corrected chi connectivity index (χ1v) is 11.7. The Morgan fingerprint density at radius 1 is 0.882 bits per heavy atom. The summed E-state index contributed by atoms with van der Waals surface area (Å²) >= 11 is 0. The number of halogens is 3. The zero-order valence-corrected chi connectivity index (χ0v) is 20.3. The second-order valence-corrected chi connectivity index (χ2v) is 9.53. The summed E-state index contributed by atoms with van der Waals surface area (Å²) < 4.78 is 44.7. The quantitative estimate of drug-likeness (QED) is 0.351. The van der Waals surface area contributed by atoms with Crippen molar-refractivity contribution in [1.29, 1.82) is 0 Å². The van der Waals surface area contributed by atoms with Crippen molar-refractivity contribution in [2.45, 2.75) is 71.3 Å². The number of ether oxygens (including phenoxy) is 1. The van der Waals surface area contributed by atoms with Crippen molar-refractivity contribution < 1.29 is 27.8 Å². The van der Waals surface area contributed by atoms with Gasteiger partial charge in [-0.1, -0.05) is 74.5 Å². The molecule has 2 rings (SSSR count). The second kappa shape index (κ2) is 12.4. The highest BCUT2D eigenvalue weighted by atomic mass is 19.4. The molecule has 0 fully saturated rings. The minimum absolute atomic E-state index is 0.0548. The normalized spacial score (nSPS) is 14.1. The van der Waals surface area contributed by atoms with E-state index in [1.165, 1.54) is 18.1 Å². The maximum atomic E-state index is 13.4. The summed E-state index contributed by atoms with van der Waals surface area (Å²) in [6.45, 7) is 7.50. The van der Waals surface area contributed by atoms with Crippen LogP contribution in [0.2, 0.25) is 0 Å². The van der Waals surface area contributed by atoms with E-state index in [4.69, 9.17) is 0 Å². The molecule has 1 unspecified atom stereocenters. The SMILES string of the molecule is CCOC(=O)C(O)(CCCC(C)(C)CCN(Cc1ccccc1)Cc1ccccc1)C(F)(F)F. The minimum Gasteiger partial charge on any atom is -0.464 e. The van der Waals surface area contributed by atoms with Crippen LogP contribution in [-0.4, -0.2) is 40.9 Å². The van der Waals surface area contributed by atoms with Crippen LogP contribution in [0.5, 0.6) is 0 Å². The van der Waals surface area contributed by atoms with Crippen LogP contribution in [0.4, 0.5) is 13.2 Å². The Morgan fingerprint density at radius 2 is 1.38 bits per heavy atom. The lowest BCUT2D eigenvalue weighted by atomic mass is 9.81.